The van der Waals surface area contributed by atoms with Crippen LogP contribution in [0.15, 0.2) is 0 Å². The van der Waals surface area contributed by atoms with Crippen LogP contribution in [0.25, 0.3) is 0 Å². The monoisotopic (exact) mass is 225 g/mol. The van der Waals surface area contributed by atoms with E-state index < -0.39 is 0 Å². The zero-order chi connectivity index (χ0) is 11.2. The Morgan fingerprint density at radius 3 is 2.25 bits per heavy atom. The molecule has 1 saturated heterocycles. The van der Waals surface area contributed by atoms with Crippen molar-refractivity contribution >= 4 is 0 Å². The summed E-state index contributed by atoms with van der Waals surface area (Å²) in [5.74, 6) is 0.610. The van der Waals surface area contributed by atoms with Crippen LogP contribution in [0.4, 0.5) is 0 Å². The average Bonchev–Trinajstić information content (AvgIpc) is 2.38. The Labute approximate surface area is 100 Å². The molecule has 2 nitrogen and oxygen atoms in total. The third-order valence-electron chi connectivity index (χ3n) is 4.38. The first-order valence-electron chi connectivity index (χ1n) is 7.26. The minimum atomic E-state index is -0.0257. The number of nitrogens with zero attached hydrogens (tertiary/aromatic N) is 1. The summed E-state index contributed by atoms with van der Waals surface area (Å²) in [5.41, 5.74) is 0. The van der Waals surface area contributed by atoms with Gasteiger partial charge in [-0.15, -0.1) is 0 Å². The zero-order valence-electron chi connectivity index (χ0n) is 10.5. The average molecular weight is 225 g/mol. The topological polar surface area (TPSA) is 23.5 Å². The third-order valence-corrected chi connectivity index (χ3v) is 4.38. The third kappa shape index (κ3) is 3.74. The molecule has 1 aliphatic carbocycles. The second-order valence-electron chi connectivity index (χ2n) is 5.66. The first-order valence-corrected chi connectivity index (χ1v) is 7.26. The molecule has 2 aliphatic rings. The molecule has 1 unspecified atom stereocenters. The van der Waals surface area contributed by atoms with Crippen molar-refractivity contribution in [1.29, 1.82) is 0 Å². The summed E-state index contributed by atoms with van der Waals surface area (Å²) >= 11 is 0. The molecule has 0 aromatic heterocycles. The number of rotatable bonds is 4. The van der Waals surface area contributed by atoms with Crippen LogP contribution in [0.2, 0.25) is 0 Å². The molecular weight excluding hydrogens is 198 g/mol. The fraction of sp³-hybridized carbons (Fsp3) is 1.00. The van der Waals surface area contributed by atoms with E-state index in [2.05, 4.69) is 4.90 Å². The van der Waals surface area contributed by atoms with Crippen molar-refractivity contribution < 1.29 is 5.11 Å². The van der Waals surface area contributed by atoms with Crippen molar-refractivity contribution in [1.82, 2.24) is 4.90 Å². The zero-order valence-corrected chi connectivity index (χ0v) is 10.5. The van der Waals surface area contributed by atoms with E-state index in [1.165, 1.54) is 64.5 Å². The van der Waals surface area contributed by atoms with Crippen molar-refractivity contribution in [3.63, 3.8) is 0 Å². The van der Waals surface area contributed by atoms with Crippen molar-refractivity contribution in [3.8, 4) is 0 Å². The van der Waals surface area contributed by atoms with Crippen molar-refractivity contribution in [3.05, 3.63) is 0 Å². The minimum Gasteiger partial charge on any atom is -0.393 e. The van der Waals surface area contributed by atoms with Crippen LogP contribution in [-0.2, 0) is 0 Å². The fourth-order valence-electron chi connectivity index (χ4n) is 3.25. The highest BCUT2D eigenvalue weighted by Gasteiger charge is 2.22. The van der Waals surface area contributed by atoms with E-state index in [0.29, 0.717) is 5.92 Å². The Kier molecular flexibility index (Phi) is 5.11. The number of hydrogen-bond acceptors (Lipinski definition) is 2. The first kappa shape index (κ1) is 12.4. The normalized spacial score (nSPS) is 26.8. The number of aliphatic hydroxyl groups is 1. The van der Waals surface area contributed by atoms with Gasteiger partial charge in [0.1, 0.15) is 0 Å². The summed E-state index contributed by atoms with van der Waals surface area (Å²) in [6, 6.07) is 0. The minimum absolute atomic E-state index is 0.0257. The number of aliphatic hydroxyl groups excluding tert-OH is 1. The molecule has 1 N–H and O–H groups in total. The summed E-state index contributed by atoms with van der Waals surface area (Å²) in [5, 5.41) is 10.2. The molecule has 0 bridgehead atoms. The van der Waals surface area contributed by atoms with Gasteiger partial charge in [-0.1, -0.05) is 25.7 Å². The number of hydrogen-bond donors (Lipinski definition) is 1. The number of piperidine rings is 1. The van der Waals surface area contributed by atoms with Gasteiger partial charge >= 0.3 is 0 Å². The predicted octanol–water partition coefficient (Wildman–Crippen LogP) is 2.80. The molecule has 1 aliphatic heterocycles. The van der Waals surface area contributed by atoms with Gasteiger partial charge in [0.2, 0.25) is 0 Å². The molecule has 0 aromatic carbocycles. The van der Waals surface area contributed by atoms with Gasteiger partial charge < -0.3 is 10.0 Å². The van der Waals surface area contributed by atoms with Gasteiger partial charge in [0.05, 0.1) is 6.10 Å². The van der Waals surface area contributed by atoms with E-state index >= 15 is 0 Å². The molecule has 16 heavy (non-hydrogen) atoms. The van der Waals surface area contributed by atoms with Gasteiger partial charge in [0.15, 0.2) is 0 Å². The largest absolute Gasteiger partial charge is 0.393 e. The Morgan fingerprint density at radius 1 is 0.938 bits per heavy atom. The quantitative estimate of drug-likeness (QED) is 0.795. The molecule has 1 saturated carbocycles. The van der Waals surface area contributed by atoms with E-state index in [1.807, 2.05) is 0 Å². The lowest BCUT2D eigenvalue weighted by Crippen LogP contribution is -2.34. The first-order chi connectivity index (χ1) is 7.86. The molecule has 0 spiro atoms. The number of likely N-dealkylation sites (tertiary alicyclic amines) is 1. The molecule has 0 amide bonds. The Balaban J connectivity index is 1.63. The van der Waals surface area contributed by atoms with Gasteiger partial charge in [-0.2, -0.15) is 0 Å². The van der Waals surface area contributed by atoms with Gasteiger partial charge in [-0.05, 0) is 51.1 Å². The molecule has 94 valence electrons. The molecule has 2 fully saturated rings. The smallest absolute Gasteiger partial charge is 0.0580 e. The lowest BCUT2D eigenvalue weighted by atomic mass is 9.84. The summed E-state index contributed by atoms with van der Waals surface area (Å²) < 4.78 is 0. The van der Waals surface area contributed by atoms with Crippen molar-refractivity contribution in [2.45, 2.75) is 63.9 Å². The summed E-state index contributed by atoms with van der Waals surface area (Å²) in [6.45, 7) is 3.65. The Morgan fingerprint density at radius 2 is 1.56 bits per heavy atom. The molecular formula is C14H27NO. The lowest BCUT2D eigenvalue weighted by Gasteiger charge is -2.30. The fourth-order valence-corrected chi connectivity index (χ4v) is 3.25. The highest BCUT2D eigenvalue weighted by atomic mass is 16.3. The second-order valence-corrected chi connectivity index (χ2v) is 5.66. The van der Waals surface area contributed by atoms with E-state index in [-0.39, 0.29) is 6.10 Å². The summed E-state index contributed by atoms with van der Waals surface area (Å²) in [6.07, 6.45) is 11.7. The van der Waals surface area contributed by atoms with Crippen LogP contribution in [0, 0.1) is 5.92 Å². The molecule has 1 heterocycles. The maximum Gasteiger partial charge on any atom is 0.0580 e. The second kappa shape index (κ2) is 6.61. The highest BCUT2D eigenvalue weighted by Crippen LogP contribution is 2.27. The molecule has 2 rings (SSSR count). The van der Waals surface area contributed by atoms with Crippen LogP contribution >= 0.6 is 0 Å². The van der Waals surface area contributed by atoms with Crippen LogP contribution in [-0.4, -0.2) is 35.7 Å². The standard InChI is InChI=1S/C14H27NO/c16-14(13-7-3-1-4-8-13)9-12-15-10-5-2-6-11-15/h13-14,16H,1-12H2. The van der Waals surface area contributed by atoms with Crippen molar-refractivity contribution in [2.24, 2.45) is 5.92 Å². The molecule has 0 radical (unpaired) electrons. The van der Waals surface area contributed by atoms with Crippen LogP contribution in [0.5, 0.6) is 0 Å². The predicted molar refractivity (Wildman–Crippen MR) is 67.5 cm³/mol. The summed E-state index contributed by atoms with van der Waals surface area (Å²) in [4.78, 5) is 2.54. The Hall–Kier alpha value is -0.0800. The van der Waals surface area contributed by atoms with E-state index in [9.17, 15) is 5.11 Å². The lowest BCUT2D eigenvalue weighted by molar-refractivity contribution is 0.0636. The summed E-state index contributed by atoms with van der Waals surface area (Å²) in [7, 11) is 0. The SMILES string of the molecule is OC(CCN1CCCCC1)C1CCCCC1. The molecule has 2 heteroatoms. The van der Waals surface area contributed by atoms with E-state index in [0.717, 1.165) is 13.0 Å². The molecule has 1 atom stereocenters. The maximum absolute atomic E-state index is 10.2. The maximum atomic E-state index is 10.2. The van der Waals surface area contributed by atoms with Gasteiger partial charge in [-0.3, -0.25) is 0 Å². The van der Waals surface area contributed by atoms with Crippen molar-refractivity contribution in [2.75, 3.05) is 19.6 Å². The van der Waals surface area contributed by atoms with Crippen LogP contribution in [0.1, 0.15) is 57.8 Å². The van der Waals surface area contributed by atoms with E-state index in [1.54, 1.807) is 0 Å². The van der Waals surface area contributed by atoms with Gasteiger partial charge in [0, 0.05) is 6.54 Å². The highest BCUT2D eigenvalue weighted by molar-refractivity contribution is 4.75. The van der Waals surface area contributed by atoms with Crippen LogP contribution in [0.3, 0.4) is 0 Å². The van der Waals surface area contributed by atoms with Gasteiger partial charge in [0.25, 0.3) is 0 Å². The Bertz CT molecular complexity index is 183. The van der Waals surface area contributed by atoms with Gasteiger partial charge in [-0.25, -0.2) is 0 Å². The van der Waals surface area contributed by atoms with Crippen LogP contribution < -0.4 is 0 Å². The molecule has 0 aromatic rings. The van der Waals surface area contributed by atoms with E-state index in [4.69, 9.17) is 0 Å².